The molecule has 0 aromatic carbocycles. The second-order valence-electron chi connectivity index (χ2n) is 4.30. The smallest absolute Gasteiger partial charge is 0.382 e. The molecule has 22 heavy (non-hydrogen) atoms. The topological polar surface area (TPSA) is 136 Å². The maximum absolute atomic E-state index is 13.1. The Morgan fingerprint density at radius 1 is 1.36 bits per heavy atom. The second kappa shape index (κ2) is 5.80. The zero-order valence-electron chi connectivity index (χ0n) is 10.8. The quantitative estimate of drug-likeness (QED) is 0.675. The van der Waals surface area contributed by atoms with E-state index in [0.29, 0.717) is 4.57 Å². The number of anilines is 1. The van der Waals surface area contributed by atoms with Gasteiger partial charge in [-0.2, -0.15) is 13.2 Å². The summed E-state index contributed by atoms with van der Waals surface area (Å²) in [6, 6.07) is -2.22. The Labute approximate surface area is 121 Å². The Hall–Kier alpha value is -1.75. The van der Waals surface area contributed by atoms with Crippen LogP contribution < -0.4 is 5.73 Å². The van der Waals surface area contributed by atoms with E-state index in [1.807, 2.05) is 0 Å². The van der Waals surface area contributed by atoms with E-state index in [4.69, 9.17) is 15.5 Å². The molecule has 1 unspecified atom stereocenters. The van der Waals surface area contributed by atoms with Gasteiger partial charge in [0.05, 0.1) is 12.9 Å². The Balaban J connectivity index is 2.32. The molecule has 2 aromatic rings. The maximum Gasteiger partial charge on any atom is 0.411 e. The lowest BCUT2D eigenvalue weighted by Gasteiger charge is -2.22. The molecule has 0 saturated carbocycles. The summed E-state index contributed by atoms with van der Waals surface area (Å²) in [5, 5.41) is 0. The van der Waals surface area contributed by atoms with Crippen molar-refractivity contribution in [2.24, 2.45) is 0 Å². The predicted octanol–water partition coefficient (Wildman–Crippen LogP) is 0.664. The first-order valence-corrected chi connectivity index (χ1v) is 7.51. The van der Waals surface area contributed by atoms with Crippen molar-refractivity contribution in [3.05, 3.63) is 12.7 Å². The number of nitrogen functional groups attached to an aromatic ring is 1. The second-order valence-corrected chi connectivity index (χ2v) is 5.89. The molecule has 122 valence electrons. The van der Waals surface area contributed by atoms with Crippen molar-refractivity contribution in [3.8, 4) is 0 Å². The van der Waals surface area contributed by atoms with Crippen molar-refractivity contribution in [2.75, 3.05) is 18.7 Å². The minimum Gasteiger partial charge on any atom is -0.382 e. The third-order valence-electron chi connectivity index (χ3n) is 2.64. The van der Waals surface area contributed by atoms with Crippen LogP contribution in [0.5, 0.6) is 0 Å². The molecular weight excluding hydrogens is 330 g/mol. The van der Waals surface area contributed by atoms with E-state index in [1.54, 1.807) is 0 Å². The van der Waals surface area contributed by atoms with Gasteiger partial charge in [-0.3, -0.25) is 4.57 Å². The van der Waals surface area contributed by atoms with Gasteiger partial charge in [0.15, 0.2) is 17.5 Å². The molecule has 0 saturated heterocycles. The molecule has 4 N–H and O–H groups in total. The summed E-state index contributed by atoms with van der Waals surface area (Å²) in [5.41, 5.74) is 5.33. The predicted molar refractivity (Wildman–Crippen MR) is 67.7 cm³/mol. The van der Waals surface area contributed by atoms with Crippen LogP contribution in [0.4, 0.5) is 19.0 Å². The molecule has 1 atom stereocenters. The minimum atomic E-state index is -4.75. The van der Waals surface area contributed by atoms with Crippen molar-refractivity contribution < 1.29 is 32.3 Å². The lowest BCUT2D eigenvalue weighted by atomic mass is 10.3. The van der Waals surface area contributed by atoms with E-state index >= 15 is 0 Å². The van der Waals surface area contributed by atoms with Crippen LogP contribution in [0.2, 0.25) is 0 Å². The van der Waals surface area contributed by atoms with Gasteiger partial charge in [-0.15, -0.1) is 0 Å². The largest absolute Gasteiger partial charge is 0.411 e. The van der Waals surface area contributed by atoms with E-state index in [-0.39, 0.29) is 17.0 Å². The van der Waals surface area contributed by atoms with Crippen LogP contribution in [-0.2, 0) is 9.30 Å². The molecule has 2 aromatic heterocycles. The minimum absolute atomic E-state index is 0.00765. The van der Waals surface area contributed by atoms with Crippen molar-refractivity contribution in [1.82, 2.24) is 19.5 Å². The third-order valence-corrected chi connectivity index (χ3v) is 3.15. The van der Waals surface area contributed by atoms with E-state index in [9.17, 15) is 17.7 Å². The number of rotatable bonds is 5. The highest BCUT2D eigenvalue weighted by Gasteiger charge is 2.42. The fraction of sp³-hybridized carbons (Fsp3) is 0.444. The average Bonchev–Trinajstić information content (AvgIpc) is 2.77. The number of ether oxygens (including phenoxy) is 1. The molecule has 0 radical (unpaired) electrons. The molecular formula is C9H11F3N5O4P. The highest BCUT2D eigenvalue weighted by atomic mass is 31.2. The van der Waals surface area contributed by atoms with E-state index in [0.717, 1.165) is 12.7 Å². The first-order chi connectivity index (χ1) is 10.1. The molecule has 13 heteroatoms. The fourth-order valence-corrected chi connectivity index (χ4v) is 2.06. The Bertz CT molecular complexity index is 715. The number of halogens is 3. The highest BCUT2D eigenvalue weighted by Crippen LogP contribution is 2.37. The van der Waals surface area contributed by atoms with Crippen LogP contribution in [0.1, 0.15) is 6.04 Å². The molecule has 9 nitrogen and oxygen atoms in total. The summed E-state index contributed by atoms with van der Waals surface area (Å²) >= 11 is 0. The summed E-state index contributed by atoms with van der Waals surface area (Å²) in [4.78, 5) is 28.3. The number of fused-ring (bicyclic) bond motifs is 1. The van der Waals surface area contributed by atoms with Crippen LogP contribution in [-0.4, -0.2) is 48.4 Å². The molecule has 0 aliphatic rings. The first kappa shape index (κ1) is 16.6. The van der Waals surface area contributed by atoms with Gasteiger partial charge in [-0.25, -0.2) is 15.0 Å². The van der Waals surface area contributed by atoms with E-state index < -0.39 is 32.8 Å². The van der Waals surface area contributed by atoms with Gasteiger partial charge in [0.2, 0.25) is 0 Å². The van der Waals surface area contributed by atoms with Gasteiger partial charge in [-0.05, 0) is 0 Å². The van der Waals surface area contributed by atoms with Gasteiger partial charge in [0.1, 0.15) is 18.2 Å². The van der Waals surface area contributed by atoms with Gasteiger partial charge in [0, 0.05) is 0 Å². The number of nitrogens with zero attached hydrogens (tertiary/aromatic N) is 4. The maximum atomic E-state index is 13.1. The first-order valence-electron chi connectivity index (χ1n) is 5.71. The zero-order chi connectivity index (χ0) is 16.5. The van der Waals surface area contributed by atoms with Gasteiger partial charge >= 0.3 is 13.8 Å². The summed E-state index contributed by atoms with van der Waals surface area (Å²) < 4.78 is 55.2. The number of nitrogens with two attached hydrogens (primary N) is 1. The molecule has 0 bridgehead atoms. The molecule has 2 rings (SSSR count). The van der Waals surface area contributed by atoms with Crippen molar-refractivity contribution in [2.45, 2.75) is 12.2 Å². The summed E-state index contributed by atoms with van der Waals surface area (Å²) in [5.74, 6) is -0.0826. The number of hydrogen-bond acceptors (Lipinski definition) is 6. The van der Waals surface area contributed by atoms with Gasteiger partial charge in [-0.1, -0.05) is 0 Å². The molecule has 0 amide bonds. The summed E-state index contributed by atoms with van der Waals surface area (Å²) in [7, 11) is -4.57. The van der Waals surface area contributed by atoms with Crippen molar-refractivity contribution >= 4 is 24.6 Å². The fourth-order valence-electron chi connectivity index (χ4n) is 1.71. The van der Waals surface area contributed by atoms with Crippen LogP contribution in [0.25, 0.3) is 11.2 Å². The lowest BCUT2D eigenvalue weighted by molar-refractivity contribution is -0.179. The number of aromatic nitrogens is 4. The Kier molecular flexibility index (Phi) is 4.38. The third kappa shape index (κ3) is 3.71. The van der Waals surface area contributed by atoms with Crippen LogP contribution in [0.3, 0.4) is 0 Å². The average molecular weight is 341 g/mol. The Morgan fingerprint density at radius 3 is 2.64 bits per heavy atom. The van der Waals surface area contributed by atoms with Crippen LogP contribution in [0.15, 0.2) is 12.7 Å². The van der Waals surface area contributed by atoms with Crippen molar-refractivity contribution in [1.29, 1.82) is 0 Å². The lowest BCUT2D eigenvalue weighted by Crippen LogP contribution is -2.30. The van der Waals surface area contributed by atoms with E-state index in [1.165, 1.54) is 0 Å². The zero-order valence-corrected chi connectivity index (χ0v) is 11.7. The SMILES string of the molecule is Nc1ncnc2c1ncn2C(COCP(=O)(O)O)C(F)(F)F. The number of hydrogen-bond donors (Lipinski definition) is 3. The molecule has 0 fully saturated rings. The van der Waals surface area contributed by atoms with Crippen LogP contribution in [0, 0.1) is 0 Å². The number of alkyl halides is 3. The highest BCUT2D eigenvalue weighted by molar-refractivity contribution is 7.51. The molecule has 0 aliphatic heterocycles. The number of imidazole rings is 1. The van der Waals surface area contributed by atoms with Crippen LogP contribution >= 0.6 is 7.60 Å². The normalized spacial score (nSPS) is 14.4. The summed E-state index contributed by atoms with van der Waals surface area (Å²) in [6.07, 6.45) is -4.01. The van der Waals surface area contributed by atoms with Gasteiger partial charge in [0.25, 0.3) is 0 Å². The van der Waals surface area contributed by atoms with E-state index in [2.05, 4.69) is 19.7 Å². The Morgan fingerprint density at radius 2 is 2.05 bits per heavy atom. The van der Waals surface area contributed by atoms with Gasteiger partial charge < -0.3 is 24.8 Å². The standard InChI is InChI=1S/C9H11F3N5O4P/c10-9(11,12)5(1-21-4-22(18,19)20)17-3-16-6-7(13)14-2-15-8(6)17/h2-3,5H,1,4H2,(H2,13,14,15)(H2,18,19,20). The monoisotopic (exact) mass is 341 g/mol. The molecule has 2 heterocycles. The molecule has 0 aliphatic carbocycles. The summed E-state index contributed by atoms with van der Waals surface area (Å²) in [6.45, 7) is -1.01. The molecule has 0 spiro atoms. The van der Waals surface area contributed by atoms with Crippen molar-refractivity contribution in [3.63, 3.8) is 0 Å².